The molecule has 0 aromatic carbocycles. The average molecular weight is 382 g/mol. The predicted octanol–water partition coefficient (Wildman–Crippen LogP) is 1.06. The van der Waals surface area contributed by atoms with Gasteiger partial charge in [0.25, 0.3) is 0 Å². The molecule has 0 radical (unpaired) electrons. The number of rotatable bonds is 5. The van der Waals surface area contributed by atoms with Gasteiger partial charge in [0.1, 0.15) is 6.54 Å². The van der Waals surface area contributed by atoms with Crippen LogP contribution in [0.5, 0.6) is 0 Å². The van der Waals surface area contributed by atoms with Crippen molar-refractivity contribution in [3.63, 3.8) is 0 Å². The van der Waals surface area contributed by atoms with Gasteiger partial charge in [0.15, 0.2) is 5.96 Å². The summed E-state index contributed by atoms with van der Waals surface area (Å²) in [6.07, 6.45) is -0.278. The predicted molar refractivity (Wildman–Crippen MR) is 102 cm³/mol. The summed E-state index contributed by atoms with van der Waals surface area (Å²) in [5.74, 6) is 0.641. The Balaban J connectivity index is 1.97. The number of thiophene rings is 1. The Labute approximate surface area is 158 Å². The van der Waals surface area contributed by atoms with E-state index in [-0.39, 0.29) is 18.5 Å². The van der Waals surface area contributed by atoms with Crippen LogP contribution in [0.3, 0.4) is 0 Å². The molecule has 2 rings (SSSR count). The van der Waals surface area contributed by atoms with Crippen molar-refractivity contribution in [1.29, 1.82) is 0 Å². The zero-order valence-corrected chi connectivity index (χ0v) is 16.4. The molecule has 2 heterocycles. The van der Waals surface area contributed by atoms with E-state index in [1.807, 2.05) is 11.4 Å². The molecule has 144 valence electrons. The summed E-state index contributed by atoms with van der Waals surface area (Å²) in [4.78, 5) is 34.7. The lowest BCUT2D eigenvalue weighted by Crippen LogP contribution is -2.54. The van der Waals surface area contributed by atoms with E-state index in [0.717, 1.165) is 0 Å². The van der Waals surface area contributed by atoms with Gasteiger partial charge in [-0.25, -0.2) is 9.79 Å². The second kappa shape index (κ2) is 10.0. The van der Waals surface area contributed by atoms with Crippen molar-refractivity contribution in [3.8, 4) is 0 Å². The highest BCUT2D eigenvalue weighted by Gasteiger charge is 2.24. The summed E-state index contributed by atoms with van der Waals surface area (Å²) >= 11 is 1.67. The summed E-state index contributed by atoms with van der Waals surface area (Å²) in [5, 5.41) is 5.37. The Kier molecular flexibility index (Phi) is 7.71. The van der Waals surface area contributed by atoms with Gasteiger partial charge in [0.2, 0.25) is 5.91 Å². The van der Waals surface area contributed by atoms with Crippen LogP contribution in [0, 0.1) is 0 Å². The van der Waals surface area contributed by atoms with Gasteiger partial charge >= 0.3 is 6.09 Å². The molecule has 26 heavy (non-hydrogen) atoms. The van der Waals surface area contributed by atoms with Gasteiger partial charge in [-0.15, -0.1) is 11.3 Å². The number of guanidine groups is 1. The fraction of sp³-hybridized carbons (Fsp3) is 0.588. The summed E-state index contributed by atoms with van der Waals surface area (Å²) in [5.41, 5.74) is 0. The van der Waals surface area contributed by atoms with E-state index in [1.165, 1.54) is 9.78 Å². The van der Waals surface area contributed by atoms with Crippen LogP contribution in [0.1, 0.15) is 11.8 Å². The van der Waals surface area contributed by atoms with Crippen LogP contribution in [0.4, 0.5) is 4.79 Å². The molecule has 0 aliphatic carbocycles. The average Bonchev–Trinajstić information content (AvgIpc) is 3.15. The van der Waals surface area contributed by atoms with Crippen LogP contribution >= 0.6 is 11.3 Å². The largest absolute Gasteiger partial charge is 0.450 e. The molecule has 1 fully saturated rings. The van der Waals surface area contributed by atoms with E-state index in [0.29, 0.717) is 45.3 Å². The minimum atomic E-state index is -0.278. The molecule has 2 amide bonds. The van der Waals surface area contributed by atoms with Crippen LogP contribution in [-0.4, -0.2) is 86.1 Å². The van der Waals surface area contributed by atoms with Gasteiger partial charge in [0.05, 0.1) is 13.2 Å². The lowest BCUT2D eigenvalue weighted by atomic mass is 10.3. The standard InChI is InChI=1S/C17H27N5O3S/c1-4-25-17(24)22-9-7-21(8-10-22)16(19-13-15(23)20(2)3)18-12-14-6-5-11-26-14/h5-6,11H,4,7-10,12-13H2,1-3H3,(H,18,19). The molecule has 1 aliphatic rings. The van der Waals surface area contributed by atoms with Gasteiger partial charge in [-0.1, -0.05) is 6.07 Å². The minimum Gasteiger partial charge on any atom is -0.450 e. The number of hydrogen-bond donors (Lipinski definition) is 1. The smallest absolute Gasteiger partial charge is 0.409 e. The third-order valence-electron chi connectivity index (χ3n) is 3.97. The van der Waals surface area contributed by atoms with Crippen molar-refractivity contribution in [3.05, 3.63) is 22.4 Å². The zero-order chi connectivity index (χ0) is 18.9. The van der Waals surface area contributed by atoms with E-state index < -0.39 is 0 Å². The first-order chi connectivity index (χ1) is 12.5. The van der Waals surface area contributed by atoms with Crippen LogP contribution in [-0.2, 0) is 16.1 Å². The Hall–Kier alpha value is -2.29. The van der Waals surface area contributed by atoms with E-state index in [4.69, 9.17) is 4.74 Å². The van der Waals surface area contributed by atoms with Gasteiger partial charge in [-0.05, 0) is 18.4 Å². The van der Waals surface area contributed by atoms with E-state index in [2.05, 4.69) is 21.3 Å². The number of aliphatic imine (C=N–C) groups is 1. The minimum absolute atomic E-state index is 0.0504. The zero-order valence-electron chi connectivity index (χ0n) is 15.6. The van der Waals surface area contributed by atoms with Crippen LogP contribution in [0.25, 0.3) is 0 Å². The van der Waals surface area contributed by atoms with Crippen LogP contribution in [0.15, 0.2) is 22.5 Å². The number of amides is 2. The topological polar surface area (TPSA) is 77.5 Å². The third-order valence-corrected chi connectivity index (χ3v) is 4.85. The number of nitrogens with one attached hydrogen (secondary N) is 1. The van der Waals surface area contributed by atoms with Crippen LogP contribution in [0.2, 0.25) is 0 Å². The molecule has 0 bridgehead atoms. The lowest BCUT2D eigenvalue weighted by molar-refractivity contribution is -0.127. The quantitative estimate of drug-likeness (QED) is 0.610. The monoisotopic (exact) mass is 381 g/mol. The van der Waals surface area contributed by atoms with Gasteiger partial charge < -0.3 is 24.8 Å². The van der Waals surface area contributed by atoms with Crippen molar-refractivity contribution in [1.82, 2.24) is 20.0 Å². The Morgan fingerprint density at radius 1 is 1.27 bits per heavy atom. The fourth-order valence-electron chi connectivity index (χ4n) is 2.45. The first-order valence-corrected chi connectivity index (χ1v) is 9.56. The maximum absolute atomic E-state index is 11.9. The van der Waals surface area contributed by atoms with Crippen molar-refractivity contribution >= 4 is 29.3 Å². The van der Waals surface area contributed by atoms with Crippen molar-refractivity contribution in [2.45, 2.75) is 13.5 Å². The second-order valence-electron chi connectivity index (χ2n) is 6.03. The molecule has 1 saturated heterocycles. The SMILES string of the molecule is CCOC(=O)N1CCN(C(=NCC(=O)N(C)C)NCc2cccs2)CC1. The molecule has 0 atom stereocenters. The molecule has 0 spiro atoms. The molecule has 8 nitrogen and oxygen atoms in total. The Morgan fingerprint density at radius 2 is 1.96 bits per heavy atom. The number of carbonyl (C=O) groups is 2. The second-order valence-corrected chi connectivity index (χ2v) is 7.07. The summed E-state index contributed by atoms with van der Waals surface area (Å²) < 4.78 is 5.05. The number of nitrogens with zero attached hydrogens (tertiary/aromatic N) is 4. The molecular formula is C17H27N5O3S. The highest BCUT2D eigenvalue weighted by atomic mass is 32.1. The highest BCUT2D eigenvalue weighted by molar-refractivity contribution is 7.09. The van der Waals surface area contributed by atoms with Crippen LogP contribution < -0.4 is 5.32 Å². The first kappa shape index (κ1) is 20.0. The normalized spacial score (nSPS) is 15.0. The number of piperazine rings is 1. The van der Waals surface area contributed by atoms with Gasteiger partial charge in [-0.2, -0.15) is 0 Å². The summed E-state index contributed by atoms with van der Waals surface area (Å²) in [6, 6.07) is 4.06. The maximum atomic E-state index is 11.9. The summed E-state index contributed by atoms with van der Waals surface area (Å²) in [6.45, 7) is 5.36. The fourth-order valence-corrected chi connectivity index (χ4v) is 3.09. The van der Waals surface area contributed by atoms with Crippen molar-refractivity contribution in [2.24, 2.45) is 4.99 Å². The number of likely N-dealkylation sites (N-methyl/N-ethyl adjacent to an activating group) is 1. The Bertz CT molecular complexity index is 610. The number of ether oxygens (including phenoxy) is 1. The van der Waals surface area contributed by atoms with Crippen molar-refractivity contribution < 1.29 is 14.3 Å². The first-order valence-electron chi connectivity index (χ1n) is 8.68. The molecule has 1 N–H and O–H groups in total. The van der Waals surface area contributed by atoms with E-state index >= 15 is 0 Å². The molecule has 1 aromatic heterocycles. The third kappa shape index (κ3) is 5.91. The molecule has 0 saturated carbocycles. The number of hydrogen-bond acceptors (Lipinski definition) is 5. The highest BCUT2D eigenvalue weighted by Crippen LogP contribution is 2.09. The maximum Gasteiger partial charge on any atom is 0.409 e. The van der Waals surface area contributed by atoms with E-state index in [1.54, 1.807) is 37.3 Å². The van der Waals surface area contributed by atoms with E-state index in [9.17, 15) is 9.59 Å². The lowest BCUT2D eigenvalue weighted by Gasteiger charge is -2.36. The summed E-state index contributed by atoms with van der Waals surface area (Å²) in [7, 11) is 3.43. The molecule has 1 aromatic rings. The molecule has 1 aliphatic heterocycles. The van der Waals surface area contributed by atoms with Crippen molar-refractivity contribution in [2.75, 3.05) is 53.4 Å². The van der Waals surface area contributed by atoms with Gasteiger partial charge in [-0.3, -0.25) is 4.79 Å². The number of carbonyl (C=O) groups excluding carboxylic acids is 2. The molecular weight excluding hydrogens is 354 g/mol. The molecule has 9 heteroatoms. The van der Waals surface area contributed by atoms with Gasteiger partial charge in [0, 0.05) is 45.2 Å². The Morgan fingerprint density at radius 3 is 2.54 bits per heavy atom. The molecule has 0 unspecified atom stereocenters.